The van der Waals surface area contributed by atoms with E-state index in [4.69, 9.17) is 37.0 Å². The van der Waals surface area contributed by atoms with Gasteiger partial charge < -0.3 is 33.8 Å². The molecule has 0 bridgehead atoms. The second-order valence-electron chi connectivity index (χ2n) is 29.3. The summed E-state index contributed by atoms with van der Waals surface area (Å²) in [6.45, 7) is 7.24. The number of aliphatic hydroxyl groups excluding tert-OH is 1. The van der Waals surface area contributed by atoms with E-state index >= 15 is 0 Å². The van der Waals surface area contributed by atoms with Crippen molar-refractivity contribution < 1.29 is 80.2 Å². The lowest BCUT2D eigenvalue weighted by Gasteiger charge is -2.21. The Morgan fingerprint density at radius 2 is 0.465 bits per heavy atom. The maximum atomic E-state index is 13.1. The van der Waals surface area contributed by atoms with Crippen molar-refractivity contribution >= 4 is 39.5 Å². The number of unbranched alkanes of at least 4 members (excludes halogenated alkanes) is 52. The van der Waals surface area contributed by atoms with Gasteiger partial charge >= 0.3 is 39.5 Å². The zero-order chi connectivity index (χ0) is 72.7. The van der Waals surface area contributed by atoms with Crippen LogP contribution in [-0.2, 0) is 65.4 Å². The number of phosphoric ester groups is 2. The molecule has 3 N–H and O–H groups in total. The second kappa shape index (κ2) is 73.0. The van der Waals surface area contributed by atoms with Crippen molar-refractivity contribution in [3.8, 4) is 0 Å². The molecule has 2 unspecified atom stereocenters. The lowest BCUT2D eigenvalue weighted by atomic mass is 10.0. The van der Waals surface area contributed by atoms with Gasteiger partial charge in [0.05, 0.1) is 26.4 Å². The van der Waals surface area contributed by atoms with E-state index in [1.807, 2.05) is 0 Å². The average molecular weight is 1450 g/mol. The fourth-order valence-corrected chi connectivity index (χ4v) is 14.0. The first-order valence-electron chi connectivity index (χ1n) is 41.6. The molecule has 0 aliphatic heterocycles. The molecule has 0 aromatic carbocycles. The Labute approximate surface area is 607 Å². The van der Waals surface area contributed by atoms with Crippen LogP contribution in [0.5, 0.6) is 0 Å². The number of esters is 4. The average Bonchev–Trinajstić information content (AvgIpc) is 1.06. The van der Waals surface area contributed by atoms with Gasteiger partial charge in [0.2, 0.25) is 0 Å². The van der Waals surface area contributed by atoms with Crippen LogP contribution >= 0.6 is 15.6 Å². The molecule has 0 saturated heterocycles. The quantitative estimate of drug-likeness (QED) is 0.0222. The Morgan fingerprint density at radius 3 is 0.687 bits per heavy atom. The van der Waals surface area contributed by atoms with E-state index in [0.717, 1.165) is 102 Å². The van der Waals surface area contributed by atoms with Crippen molar-refractivity contribution in [2.75, 3.05) is 39.6 Å². The summed E-state index contributed by atoms with van der Waals surface area (Å²) in [5.41, 5.74) is 0. The highest BCUT2D eigenvalue weighted by atomic mass is 31.2. The monoisotopic (exact) mass is 1450 g/mol. The number of hydrogen-bond donors (Lipinski definition) is 3. The lowest BCUT2D eigenvalue weighted by Crippen LogP contribution is -2.30. The predicted octanol–water partition coefficient (Wildman–Crippen LogP) is 24.0. The van der Waals surface area contributed by atoms with E-state index in [0.29, 0.717) is 25.7 Å². The van der Waals surface area contributed by atoms with Gasteiger partial charge in [-0.2, -0.15) is 0 Å². The van der Waals surface area contributed by atoms with Crippen LogP contribution in [0.2, 0.25) is 0 Å². The zero-order valence-corrected chi connectivity index (χ0v) is 66.4. The van der Waals surface area contributed by atoms with Gasteiger partial charge in [-0.1, -0.05) is 375 Å². The van der Waals surface area contributed by atoms with Gasteiger partial charge in [-0.25, -0.2) is 9.13 Å². The van der Waals surface area contributed by atoms with Crippen LogP contribution in [0.15, 0.2) is 0 Å². The molecule has 0 amide bonds. The topological polar surface area (TPSA) is 237 Å². The minimum atomic E-state index is -4.96. The van der Waals surface area contributed by atoms with E-state index in [1.54, 1.807) is 0 Å². The maximum Gasteiger partial charge on any atom is 0.472 e. The van der Waals surface area contributed by atoms with E-state index in [9.17, 15) is 43.2 Å². The van der Waals surface area contributed by atoms with Crippen LogP contribution in [0, 0.1) is 5.92 Å². The molecule has 0 spiro atoms. The molecular formula is C80H156O17P2. The molecule has 5 atom stereocenters. The van der Waals surface area contributed by atoms with Crippen molar-refractivity contribution in [3.05, 3.63) is 0 Å². The summed E-state index contributed by atoms with van der Waals surface area (Å²) >= 11 is 0. The molecule has 0 fully saturated rings. The molecule has 0 aliphatic carbocycles. The fraction of sp³-hybridized carbons (Fsp3) is 0.950. The molecule has 588 valence electrons. The Morgan fingerprint density at radius 1 is 0.273 bits per heavy atom. The molecule has 0 saturated carbocycles. The van der Waals surface area contributed by atoms with E-state index in [2.05, 4.69) is 34.6 Å². The number of hydrogen-bond acceptors (Lipinski definition) is 15. The molecule has 0 heterocycles. The van der Waals surface area contributed by atoms with Crippen LogP contribution in [0.3, 0.4) is 0 Å². The molecule has 99 heavy (non-hydrogen) atoms. The number of carbonyl (C=O) groups excluding carboxylic acids is 4. The smallest absolute Gasteiger partial charge is 0.462 e. The first kappa shape index (κ1) is 97.1. The largest absolute Gasteiger partial charge is 0.472 e. The van der Waals surface area contributed by atoms with Crippen molar-refractivity contribution in [2.24, 2.45) is 5.92 Å². The van der Waals surface area contributed by atoms with Gasteiger partial charge in [0.1, 0.15) is 19.3 Å². The van der Waals surface area contributed by atoms with Crippen molar-refractivity contribution in [1.29, 1.82) is 0 Å². The normalized spacial score (nSPS) is 13.9. The van der Waals surface area contributed by atoms with Crippen LogP contribution in [0.4, 0.5) is 0 Å². The van der Waals surface area contributed by atoms with E-state index < -0.39 is 97.5 Å². The van der Waals surface area contributed by atoms with E-state index in [-0.39, 0.29) is 25.7 Å². The highest BCUT2D eigenvalue weighted by molar-refractivity contribution is 7.47. The predicted molar refractivity (Wildman–Crippen MR) is 405 cm³/mol. The van der Waals surface area contributed by atoms with Crippen molar-refractivity contribution in [2.45, 2.75) is 445 Å². The van der Waals surface area contributed by atoms with Gasteiger partial charge in [0.25, 0.3) is 0 Å². The lowest BCUT2D eigenvalue weighted by molar-refractivity contribution is -0.161. The summed E-state index contributed by atoms with van der Waals surface area (Å²) in [5.74, 6) is -1.34. The molecule has 19 heteroatoms. The maximum absolute atomic E-state index is 13.1. The minimum Gasteiger partial charge on any atom is -0.462 e. The van der Waals surface area contributed by atoms with Gasteiger partial charge in [-0.05, 0) is 31.6 Å². The number of aliphatic hydroxyl groups is 1. The second-order valence-corrected chi connectivity index (χ2v) is 32.2. The number of ether oxygens (including phenoxy) is 4. The minimum absolute atomic E-state index is 0.106. The van der Waals surface area contributed by atoms with Crippen LogP contribution < -0.4 is 0 Å². The van der Waals surface area contributed by atoms with E-state index in [1.165, 1.54) is 244 Å². The van der Waals surface area contributed by atoms with Crippen LogP contribution in [0.1, 0.15) is 426 Å². The first-order valence-corrected chi connectivity index (χ1v) is 44.6. The summed E-state index contributed by atoms with van der Waals surface area (Å²) in [7, 11) is -9.91. The Kier molecular flexibility index (Phi) is 71.6. The highest BCUT2D eigenvalue weighted by Crippen LogP contribution is 2.45. The summed E-state index contributed by atoms with van der Waals surface area (Å²) in [6, 6.07) is 0. The fourth-order valence-electron chi connectivity index (χ4n) is 12.4. The third-order valence-corrected chi connectivity index (χ3v) is 20.7. The molecular weight excluding hydrogens is 1290 g/mol. The Hall–Kier alpha value is -1.94. The van der Waals surface area contributed by atoms with Gasteiger partial charge in [0.15, 0.2) is 12.2 Å². The van der Waals surface area contributed by atoms with Crippen molar-refractivity contribution in [3.63, 3.8) is 0 Å². The summed E-state index contributed by atoms with van der Waals surface area (Å²) in [6.07, 6.45) is 64.4. The standard InChI is InChI=1S/C80H156O17P2/c1-6-9-12-15-17-19-21-23-25-27-29-31-33-35-37-42-46-50-55-60-66-80(85)97-76(70-91-78(83)64-59-54-49-45-41-36-34-32-30-28-26-24-22-20-18-16-13-10-7-2)72-95-99(88,89)93-68-74(81)67-92-98(86,87)94-71-75(69-90-77(82)63-58-52-14-11-8-3)96-79(84)65-61-56-51-47-43-39-38-40-44-48-53-57-62-73(4)5/h73-76,81H,6-72H2,1-5H3,(H,86,87)(H,88,89)/t74-,75+,76+/m0/s1. The van der Waals surface area contributed by atoms with Crippen LogP contribution in [0.25, 0.3) is 0 Å². The number of carbonyl (C=O) groups is 4. The van der Waals surface area contributed by atoms with Gasteiger partial charge in [-0.15, -0.1) is 0 Å². The molecule has 0 aliphatic rings. The first-order chi connectivity index (χ1) is 48.0. The van der Waals surface area contributed by atoms with Crippen molar-refractivity contribution in [1.82, 2.24) is 0 Å². The molecule has 0 rings (SSSR count). The summed E-state index contributed by atoms with van der Waals surface area (Å²) in [4.78, 5) is 72.7. The Bertz CT molecular complexity index is 1890. The van der Waals surface area contributed by atoms with Crippen LogP contribution in [-0.4, -0.2) is 96.7 Å². The molecule has 17 nitrogen and oxygen atoms in total. The molecule has 0 radical (unpaired) electrons. The van der Waals surface area contributed by atoms with Gasteiger partial charge in [-0.3, -0.25) is 37.3 Å². The zero-order valence-electron chi connectivity index (χ0n) is 64.6. The third-order valence-electron chi connectivity index (χ3n) is 18.8. The third kappa shape index (κ3) is 74.1. The SMILES string of the molecule is CCCCCCCCCCCCCCCCCCCCCCC(=O)O[C@H](COC(=O)CCCCCCCCCCCCCCCCCCCCC)COP(=O)(O)OC[C@@H](O)COP(=O)(O)OC[C@@H](COC(=O)CCCCCCC)OC(=O)CCCCCCCCCCCCCCC(C)C. The highest BCUT2D eigenvalue weighted by Gasteiger charge is 2.30. The summed E-state index contributed by atoms with van der Waals surface area (Å²) < 4.78 is 68.4. The molecule has 0 aromatic heterocycles. The number of phosphoric acid groups is 2. The van der Waals surface area contributed by atoms with Gasteiger partial charge in [0, 0.05) is 25.7 Å². The molecule has 0 aromatic rings. The number of rotatable bonds is 80. The summed E-state index contributed by atoms with van der Waals surface area (Å²) in [5, 5.41) is 10.6. The Balaban J connectivity index is 5.12.